The van der Waals surface area contributed by atoms with E-state index in [2.05, 4.69) is 20.5 Å². The maximum Gasteiger partial charge on any atom is 0.396 e. The van der Waals surface area contributed by atoms with Gasteiger partial charge in [-0.25, -0.2) is 14.1 Å². The van der Waals surface area contributed by atoms with Crippen LogP contribution in [0.3, 0.4) is 0 Å². The highest BCUT2D eigenvalue weighted by molar-refractivity contribution is 7.71. The van der Waals surface area contributed by atoms with Crippen LogP contribution < -0.4 is 0 Å². The molecule has 2 unspecified atom stereocenters. The highest BCUT2D eigenvalue weighted by Crippen LogP contribution is 2.71. The molecule has 0 bridgehead atoms. The second-order valence-corrected chi connectivity index (χ2v) is 8.94. The van der Waals surface area contributed by atoms with Gasteiger partial charge >= 0.3 is 24.0 Å². The number of hydrogen-bond acceptors (Lipinski definition) is 1. The first-order valence-corrected chi connectivity index (χ1v) is 8.33. The summed E-state index contributed by atoms with van der Waals surface area (Å²) in [7, 11) is -7.46. The van der Waals surface area contributed by atoms with E-state index in [9.17, 15) is 16.8 Å². The number of hydrogen-bond donors (Lipinski definition) is 0. The molecule has 12 heteroatoms. The first-order chi connectivity index (χ1) is 7.57. The molecular weight excluding hydrogens is 299 g/mol. The first kappa shape index (κ1) is 17.2. The summed E-state index contributed by atoms with van der Waals surface area (Å²) < 4.78 is 63.2. The van der Waals surface area contributed by atoms with Gasteiger partial charge in [0.1, 0.15) is 0 Å². The van der Waals surface area contributed by atoms with Crippen molar-refractivity contribution in [3.05, 3.63) is 0 Å². The number of halogens is 4. The van der Waals surface area contributed by atoms with E-state index in [1.807, 2.05) is 0 Å². The topological polar surface area (TPSA) is 43.6 Å². The summed E-state index contributed by atoms with van der Waals surface area (Å²) in [6.45, 7) is 2.97. The summed E-state index contributed by atoms with van der Waals surface area (Å²) >= 11 is 0. The van der Waals surface area contributed by atoms with Crippen LogP contribution in [0, 0.1) is 0 Å². The van der Waals surface area contributed by atoms with Gasteiger partial charge in [-0.3, -0.25) is 0 Å². The highest BCUT2D eigenvalue weighted by atomic mass is 31.3. The van der Waals surface area contributed by atoms with Crippen LogP contribution in [0.1, 0.15) is 0 Å². The molecule has 102 valence electrons. The lowest BCUT2D eigenvalue weighted by molar-refractivity contribution is 0.594. The van der Waals surface area contributed by atoms with Crippen molar-refractivity contribution in [3.63, 3.8) is 0 Å². The van der Waals surface area contributed by atoms with Crippen molar-refractivity contribution >= 4 is 30.7 Å². The fourth-order valence-corrected chi connectivity index (χ4v) is 5.35. The SMILES string of the molecule is C=NP(F)(=NP(F)(=NP(F)F)N(C)C)N(C)C. The van der Waals surface area contributed by atoms with E-state index < -0.39 is 24.0 Å². The Bertz CT molecular complexity index is 382. The number of rotatable bonds is 5. The third-order valence-corrected chi connectivity index (χ3v) is 7.27. The quantitative estimate of drug-likeness (QED) is 0.415. The maximum atomic E-state index is 14.1. The Morgan fingerprint density at radius 1 is 1.00 bits per heavy atom. The average Bonchev–Trinajstić information content (AvgIpc) is 2.15. The van der Waals surface area contributed by atoms with Gasteiger partial charge < -0.3 is 0 Å². The molecule has 0 radical (unpaired) electrons. The predicted octanol–water partition coefficient (Wildman–Crippen LogP) is 4.81. The van der Waals surface area contributed by atoms with Gasteiger partial charge in [-0.15, -0.1) is 0 Å². The molecule has 0 rings (SSSR count). The standard InChI is InChI=1S/C5H14F4N5P3/c1-10-16(8,13(2)3)12-17(9,14(4)5)11-15(6)7/h1H2,2-5H3. The van der Waals surface area contributed by atoms with Crippen LogP contribution in [-0.2, 0) is 0 Å². The van der Waals surface area contributed by atoms with E-state index in [1.54, 1.807) is 0 Å². The summed E-state index contributed by atoms with van der Waals surface area (Å²) in [6, 6.07) is 0. The van der Waals surface area contributed by atoms with Crippen LogP contribution in [0.4, 0.5) is 16.8 Å². The molecule has 0 aromatic rings. The molecule has 0 fully saturated rings. The Labute approximate surface area is 99.5 Å². The van der Waals surface area contributed by atoms with Gasteiger partial charge in [0, 0.05) is 0 Å². The molecule has 0 aromatic heterocycles. The van der Waals surface area contributed by atoms with Gasteiger partial charge in [-0.1, -0.05) is 0 Å². The Hall–Kier alpha value is 0.200. The largest absolute Gasteiger partial charge is 0.396 e. The number of nitrogens with zero attached hydrogens (tertiary/aromatic N) is 5. The van der Waals surface area contributed by atoms with Crippen molar-refractivity contribution in [3.8, 4) is 0 Å². The predicted molar refractivity (Wildman–Crippen MR) is 67.0 cm³/mol. The van der Waals surface area contributed by atoms with E-state index in [-0.39, 0.29) is 0 Å². The molecule has 0 aliphatic carbocycles. The van der Waals surface area contributed by atoms with Gasteiger partial charge in [-0.05, 0) is 34.9 Å². The van der Waals surface area contributed by atoms with Crippen LogP contribution >= 0.6 is 24.0 Å². The fourth-order valence-electron chi connectivity index (χ4n) is 0.643. The van der Waals surface area contributed by atoms with E-state index in [0.29, 0.717) is 0 Å². The normalized spacial score (nSPS) is 19.0. The second-order valence-electron chi connectivity index (χ2n) is 3.22. The van der Waals surface area contributed by atoms with Crippen LogP contribution in [0.15, 0.2) is 13.8 Å². The molecule has 0 amide bonds. The van der Waals surface area contributed by atoms with Crippen LogP contribution in [0.25, 0.3) is 0 Å². The molecule has 0 aliphatic rings. The molecule has 0 saturated carbocycles. The van der Waals surface area contributed by atoms with Crippen LogP contribution in [0.5, 0.6) is 0 Å². The third-order valence-electron chi connectivity index (χ3n) is 1.61. The van der Waals surface area contributed by atoms with E-state index in [1.165, 1.54) is 28.2 Å². The van der Waals surface area contributed by atoms with E-state index >= 15 is 0 Å². The molecule has 0 saturated heterocycles. The smallest absolute Gasteiger partial charge is 0.232 e. The summed E-state index contributed by atoms with van der Waals surface area (Å²) in [5.74, 6) is 0. The van der Waals surface area contributed by atoms with Gasteiger partial charge in [0.05, 0.1) is 0 Å². The zero-order valence-electron chi connectivity index (χ0n) is 9.80. The maximum absolute atomic E-state index is 14.1. The van der Waals surface area contributed by atoms with Gasteiger partial charge in [0.2, 0.25) is 0 Å². The van der Waals surface area contributed by atoms with E-state index in [4.69, 9.17) is 0 Å². The molecule has 5 nitrogen and oxygen atoms in total. The van der Waals surface area contributed by atoms with Gasteiger partial charge in [0.25, 0.3) is 0 Å². The summed E-state index contributed by atoms with van der Waals surface area (Å²) in [6.07, 6.45) is 0. The van der Waals surface area contributed by atoms with Crippen LogP contribution in [0.2, 0.25) is 0 Å². The highest BCUT2D eigenvalue weighted by Gasteiger charge is 2.31. The molecule has 0 aromatic carbocycles. The minimum absolute atomic E-state index is 0.754. The minimum atomic E-state index is -4.43. The van der Waals surface area contributed by atoms with Crippen molar-refractivity contribution in [2.24, 2.45) is 13.8 Å². The summed E-state index contributed by atoms with van der Waals surface area (Å²) in [4.78, 5) is 0. The van der Waals surface area contributed by atoms with Crippen molar-refractivity contribution in [2.75, 3.05) is 28.2 Å². The molecule has 0 aliphatic heterocycles. The Morgan fingerprint density at radius 3 is 1.65 bits per heavy atom. The van der Waals surface area contributed by atoms with Crippen LogP contribution in [-0.4, -0.2) is 44.2 Å². The Balaban J connectivity index is 5.86. The van der Waals surface area contributed by atoms with Gasteiger partial charge in [0.15, 0.2) is 0 Å². The summed E-state index contributed by atoms with van der Waals surface area (Å²) in [5, 5.41) is 0. The lowest BCUT2D eigenvalue weighted by Gasteiger charge is -2.23. The Morgan fingerprint density at radius 2 is 1.41 bits per heavy atom. The molecule has 0 spiro atoms. The zero-order valence-corrected chi connectivity index (χ0v) is 12.5. The molecule has 0 N–H and O–H groups in total. The molecule has 17 heavy (non-hydrogen) atoms. The van der Waals surface area contributed by atoms with Crippen molar-refractivity contribution in [1.29, 1.82) is 0 Å². The van der Waals surface area contributed by atoms with Crippen molar-refractivity contribution in [1.82, 2.24) is 9.34 Å². The van der Waals surface area contributed by atoms with Crippen molar-refractivity contribution < 1.29 is 16.8 Å². The lowest BCUT2D eigenvalue weighted by Crippen LogP contribution is -2.07. The molecular formula is C5H14F4N5P3. The Kier molecular flexibility index (Phi) is 6.47. The monoisotopic (exact) mass is 313 g/mol. The molecule has 2 atom stereocenters. The first-order valence-electron chi connectivity index (χ1n) is 4.18. The van der Waals surface area contributed by atoms with Crippen molar-refractivity contribution in [2.45, 2.75) is 0 Å². The lowest BCUT2D eigenvalue weighted by atomic mass is 11.3. The average molecular weight is 313 g/mol. The van der Waals surface area contributed by atoms with E-state index in [0.717, 1.165) is 9.34 Å². The second kappa shape index (κ2) is 6.39. The van der Waals surface area contributed by atoms with Gasteiger partial charge in [-0.2, -0.15) is 25.8 Å². The molecule has 0 heterocycles. The summed E-state index contributed by atoms with van der Waals surface area (Å²) in [5.41, 5.74) is 0. The third kappa shape index (κ3) is 4.76. The zero-order chi connectivity index (χ0) is 13.9. The fraction of sp³-hybridized carbons (Fsp3) is 0.800. The minimum Gasteiger partial charge on any atom is -0.232 e.